The lowest BCUT2D eigenvalue weighted by atomic mass is 10.3. The maximum atomic E-state index is 12.6. The van der Waals surface area contributed by atoms with Crippen molar-refractivity contribution in [1.29, 1.82) is 0 Å². The Balaban J connectivity index is 3.57. The van der Waals surface area contributed by atoms with Crippen LogP contribution in [0.2, 0.25) is 10.3 Å². The molecular weight excluding hydrogens is 240 g/mol. The van der Waals surface area contributed by atoms with Gasteiger partial charge in [-0.1, -0.05) is 23.2 Å². The summed E-state index contributed by atoms with van der Waals surface area (Å²) in [5, 5.41) is -0.428. The van der Waals surface area contributed by atoms with Gasteiger partial charge in [-0.05, 0) is 18.6 Å². The Hall–Kier alpha value is -0.390. The quantitative estimate of drug-likeness (QED) is 0.562. The number of nitrogens with zero attached hydrogens (tertiary/aromatic N) is 1. The van der Waals surface area contributed by atoms with Crippen LogP contribution in [-0.2, 0) is 10.2 Å². The van der Waals surface area contributed by atoms with E-state index in [9.17, 15) is 12.3 Å². The van der Waals surface area contributed by atoms with Crippen molar-refractivity contribution in [3.8, 4) is 0 Å². The van der Waals surface area contributed by atoms with Crippen molar-refractivity contribution in [1.82, 2.24) is 4.98 Å². The van der Waals surface area contributed by atoms with E-state index in [4.69, 9.17) is 23.2 Å². The van der Waals surface area contributed by atoms with Crippen LogP contribution in [0.25, 0.3) is 0 Å². The second-order valence-electron chi connectivity index (χ2n) is 2.32. The van der Waals surface area contributed by atoms with Gasteiger partial charge in [0.1, 0.15) is 10.0 Å². The molecule has 3 nitrogen and oxygen atoms in total. The number of halogens is 3. The maximum Gasteiger partial charge on any atom is 0.335 e. The zero-order chi connectivity index (χ0) is 10.2. The molecule has 0 fully saturated rings. The highest BCUT2D eigenvalue weighted by Crippen LogP contribution is 2.26. The van der Waals surface area contributed by atoms with E-state index in [1.54, 1.807) is 0 Å². The highest BCUT2D eigenvalue weighted by molar-refractivity contribution is 7.86. The number of rotatable bonds is 1. The summed E-state index contributed by atoms with van der Waals surface area (Å²) in [5.41, 5.74) is 0.132. The zero-order valence-corrected chi connectivity index (χ0v) is 8.71. The maximum absolute atomic E-state index is 12.6. The standard InChI is InChI=1S/C6H4Cl2FNO2S/c1-3-2-4(7)10-6(8)5(3)13(9,11)12/h2H,1H3. The lowest BCUT2D eigenvalue weighted by molar-refractivity contribution is 0.551. The van der Waals surface area contributed by atoms with Gasteiger partial charge in [-0.2, -0.15) is 8.42 Å². The lowest BCUT2D eigenvalue weighted by Gasteiger charge is -2.02. The smallest absolute Gasteiger partial charge is 0.223 e. The Morgan fingerprint density at radius 2 is 2.00 bits per heavy atom. The molecule has 0 radical (unpaired) electrons. The third-order valence-corrected chi connectivity index (χ3v) is 2.91. The molecule has 0 amide bonds. The van der Waals surface area contributed by atoms with E-state index < -0.39 is 20.3 Å². The van der Waals surface area contributed by atoms with E-state index in [2.05, 4.69) is 4.98 Å². The first-order valence-electron chi connectivity index (χ1n) is 3.09. The van der Waals surface area contributed by atoms with Gasteiger partial charge in [0.05, 0.1) is 0 Å². The summed E-state index contributed by atoms with van der Waals surface area (Å²) in [7, 11) is -4.83. The summed E-state index contributed by atoms with van der Waals surface area (Å²) < 4.78 is 33.7. The molecule has 1 rings (SSSR count). The molecule has 0 N–H and O–H groups in total. The average Bonchev–Trinajstić information content (AvgIpc) is 1.78. The minimum absolute atomic E-state index is 0.0231. The molecule has 0 saturated heterocycles. The van der Waals surface area contributed by atoms with Crippen molar-refractivity contribution in [2.45, 2.75) is 11.8 Å². The topological polar surface area (TPSA) is 47.0 Å². The third kappa shape index (κ3) is 2.30. The normalized spacial score (nSPS) is 11.7. The molecular formula is C6H4Cl2FNO2S. The highest BCUT2D eigenvalue weighted by Gasteiger charge is 2.21. The van der Waals surface area contributed by atoms with Crippen LogP contribution in [0.5, 0.6) is 0 Å². The van der Waals surface area contributed by atoms with Gasteiger partial charge < -0.3 is 0 Å². The first-order valence-corrected chi connectivity index (χ1v) is 5.23. The molecule has 0 aromatic carbocycles. The Labute approximate surface area is 84.7 Å². The Morgan fingerprint density at radius 1 is 1.46 bits per heavy atom. The van der Waals surface area contributed by atoms with Crippen LogP contribution in [-0.4, -0.2) is 13.4 Å². The van der Waals surface area contributed by atoms with Crippen LogP contribution in [0.15, 0.2) is 11.0 Å². The largest absolute Gasteiger partial charge is 0.335 e. The summed E-state index contributed by atoms with van der Waals surface area (Å²) in [4.78, 5) is 2.79. The minimum Gasteiger partial charge on any atom is -0.223 e. The van der Waals surface area contributed by atoms with Gasteiger partial charge in [-0.25, -0.2) is 4.98 Å². The third-order valence-electron chi connectivity index (χ3n) is 1.33. The van der Waals surface area contributed by atoms with E-state index in [1.807, 2.05) is 0 Å². The molecule has 0 spiro atoms. The first-order chi connectivity index (χ1) is 5.82. The van der Waals surface area contributed by atoms with E-state index in [0.29, 0.717) is 0 Å². The zero-order valence-electron chi connectivity index (χ0n) is 6.38. The molecule has 1 heterocycles. The molecule has 0 bridgehead atoms. The number of hydrogen-bond donors (Lipinski definition) is 0. The molecule has 0 aliphatic heterocycles. The Morgan fingerprint density at radius 3 is 2.38 bits per heavy atom. The molecule has 72 valence electrons. The van der Waals surface area contributed by atoms with Gasteiger partial charge >= 0.3 is 10.2 Å². The molecule has 0 aliphatic carbocycles. The molecule has 7 heteroatoms. The fourth-order valence-corrected chi connectivity index (χ4v) is 2.37. The average molecular weight is 244 g/mol. The van der Waals surface area contributed by atoms with Gasteiger partial charge in [0, 0.05) is 0 Å². The van der Waals surface area contributed by atoms with E-state index in [-0.39, 0.29) is 10.7 Å². The molecule has 1 aromatic rings. The van der Waals surface area contributed by atoms with Gasteiger partial charge in [0.15, 0.2) is 5.15 Å². The summed E-state index contributed by atoms with van der Waals surface area (Å²) in [5.74, 6) is 0. The molecule has 0 unspecified atom stereocenters. The van der Waals surface area contributed by atoms with Gasteiger partial charge in [-0.15, -0.1) is 3.89 Å². The van der Waals surface area contributed by atoms with Crippen LogP contribution >= 0.6 is 23.2 Å². The van der Waals surface area contributed by atoms with Crippen molar-refractivity contribution < 1.29 is 12.3 Å². The Kier molecular flexibility index (Phi) is 2.79. The number of pyridine rings is 1. The first kappa shape index (κ1) is 10.7. The van der Waals surface area contributed by atoms with Crippen molar-refractivity contribution >= 4 is 33.4 Å². The second-order valence-corrected chi connectivity index (χ2v) is 4.35. The second kappa shape index (κ2) is 3.40. The summed E-state index contributed by atoms with van der Waals surface area (Å²) in [6, 6.07) is 1.22. The summed E-state index contributed by atoms with van der Waals surface area (Å²) in [6.07, 6.45) is 0. The number of aryl methyl sites for hydroxylation is 1. The monoisotopic (exact) mass is 243 g/mol. The van der Waals surface area contributed by atoms with Crippen molar-refractivity contribution in [2.24, 2.45) is 0 Å². The highest BCUT2D eigenvalue weighted by atomic mass is 35.5. The summed E-state index contributed by atoms with van der Waals surface area (Å²) >= 11 is 10.9. The number of hydrogen-bond acceptors (Lipinski definition) is 3. The van der Waals surface area contributed by atoms with E-state index in [0.717, 1.165) is 0 Å². The van der Waals surface area contributed by atoms with Crippen LogP contribution in [0, 0.1) is 6.92 Å². The minimum atomic E-state index is -4.83. The molecule has 0 saturated carbocycles. The molecule has 0 aliphatic rings. The van der Waals surface area contributed by atoms with Crippen molar-refractivity contribution in [2.75, 3.05) is 0 Å². The Bertz CT molecular complexity index is 423. The fraction of sp³-hybridized carbons (Fsp3) is 0.167. The van der Waals surface area contributed by atoms with Gasteiger partial charge in [-0.3, -0.25) is 0 Å². The predicted molar refractivity (Wildman–Crippen MR) is 47.3 cm³/mol. The van der Waals surface area contributed by atoms with Gasteiger partial charge in [0.25, 0.3) is 0 Å². The van der Waals surface area contributed by atoms with E-state index >= 15 is 0 Å². The molecule has 13 heavy (non-hydrogen) atoms. The number of aromatic nitrogens is 1. The van der Waals surface area contributed by atoms with Crippen molar-refractivity contribution in [3.63, 3.8) is 0 Å². The van der Waals surface area contributed by atoms with Crippen LogP contribution in [0.3, 0.4) is 0 Å². The van der Waals surface area contributed by atoms with Gasteiger partial charge in [0.2, 0.25) is 0 Å². The van der Waals surface area contributed by atoms with Crippen molar-refractivity contribution in [3.05, 3.63) is 21.9 Å². The predicted octanol–water partition coefficient (Wildman–Crippen LogP) is 2.36. The van der Waals surface area contributed by atoms with Crippen LogP contribution < -0.4 is 0 Å². The lowest BCUT2D eigenvalue weighted by Crippen LogP contribution is -1.98. The summed E-state index contributed by atoms with van der Waals surface area (Å²) in [6.45, 7) is 1.38. The molecule has 1 aromatic heterocycles. The molecule has 0 atom stereocenters. The fourth-order valence-electron chi connectivity index (χ4n) is 0.877. The van der Waals surface area contributed by atoms with Crippen LogP contribution in [0.4, 0.5) is 3.89 Å². The van der Waals surface area contributed by atoms with E-state index in [1.165, 1.54) is 13.0 Å². The van der Waals surface area contributed by atoms with Crippen LogP contribution in [0.1, 0.15) is 5.56 Å². The SMILES string of the molecule is Cc1cc(Cl)nc(Cl)c1S(=O)(=O)F.